The molecule has 1 N–H and O–H groups in total. The van der Waals surface area contributed by atoms with Gasteiger partial charge in [0.25, 0.3) is 0 Å². The van der Waals surface area contributed by atoms with E-state index in [1.54, 1.807) is 41.7 Å². The van der Waals surface area contributed by atoms with Crippen molar-refractivity contribution >= 4 is 51.6 Å². The van der Waals surface area contributed by atoms with Gasteiger partial charge in [0.15, 0.2) is 11.0 Å². The number of hydrogen-bond donors (Lipinski definition) is 1. The molecule has 0 aliphatic carbocycles. The molecule has 4 heterocycles. The molecule has 0 aliphatic rings. The van der Waals surface area contributed by atoms with Crippen molar-refractivity contribution in [3.63, 3.8) is 0 Å². The third-order valence-electron chi connectivity index (χ3n) is 5.06. The van der Waals surface area contributed by atoms with E-state index in [9.17, 15) is 9.59 Å². The molecule has 0 saturated heterocycles. The van der Waals surface area contributed by atoms with Crippen molar-refractivity contribution < 1.29 is 18.7 Å². The molecule has 0 bridgehead atoms. The van der Waals surface area contributed by atoms with Gasteiger partial charge < -0.3 is 14.5 Å². The summed E-state index contributed by atoms with van der Waals surface area (Å²) in [5, 5.41) is 17.2. The van der Waals surface area contributed by atoms with Gasteiger partial charge in [-0.3, -0.25) is 14.0 Å². The molecule has 4 rings (SSSR count). The molecule has 35 heavy (non-hydrogen) atoms. The molecule has 0 atom stereocenters. The smallest absolute Gasteiger partial charge is 0.341 e. The van der Waals surface area contributed by atoms with E-state index in [1.165, 1.54) is 23.1 Å². The van der Waals surface area contributed by atoms with Crippen LogP contribution in [0.4, 0.5) is 5.00 Å². The second-order valence-electron chi connectivity index (χ2n) is 7.52. The summed E-state index contributed by atoms with van der Waals surface area (Å²) in [4.78, 5) is 26.1. The van der Waals surface area contributed by atoms with Gasteiger partial charge in [0.1, 0.15) is 16.5 Å². The maximum Gasteiger partial charge on any atom is 0.341 e. The predicted molar refractivity (Wildman–Crippen MR) is 134 cm³/mol. The number of amides is 1. The van der Waals surface area contributed by atoms with E-state index in [2.05, 4.69) is 20.6 Å². The van der Waals surface area contributed by atoms with Gasteiger partial charge in [0.05, 0.1) is 35.8 Å². The summed E-state index contributed by atoms with van der Waals surface area (Å²) in [7, 11) is 1.77. The molecule has 13 heteroatoms. The van der Waals surface area contributed by atoms with Crippen molar-refractivity contribution in [1.29, 1.82) is 0 Å². The number of nitrogens with zero attached hydrogens (tertiary/aromatic N) is 5. The summed E-state index contributed by atoms with van der Waals surface area (Å²) in [5.41, 5.74) is 1.67. The number of hydrogen-bond acceptors (Lipinski definition) is 9. The lowest BCUT2D eigenvalue weighted by molar-refractivity contribution is -0.113. The monoisotopic (exact) mass is 534 g/mol. The third kappa shape index (κ3) is 5.44. The highest BCUT2D eigenvalue weighted by Crippen LogP contribution is 2.34. The average Bonchev–Trinajstić information content (AvgIpc) is 3.57. The molecule has 0 spiro atoms. The molecule has 4 aromatic rings. The molecule has 0 aliphatic heterocycles. The van der Waals surface area contributed by atoms with Crippen molar-refractivity contribution in [3.05, 3.63) is 51.4 Å². The fourth-order valence-electron chi connectivity index (χ4n) is 3.34. The van der Waals surface area contributed by atoms with E-state index in [-0.39, 0.29) is 18.3 Å². The van der Waals surface area contributed by atoms with Gasteiger partial charge >= 0.3 is 5.97 Å². The molecule has 0 aromatic carbocycles. The number of thiophene rings is 1. The number of aryl methyl sites for hydroxylation is 2. The van der Waals surface area contributed by atoms with Gasteiger partial charge in [-0.05, 0) is 38.5 Å². The fourth-order valence-corrected chi connectivity index (χ4v) is 5.41. The summed E-state index contributed by atoms with van der Waals surface area (Å²) < 4.78 is 14.0. The van der Waals surface area contributed by atoms with Gasteiger partial charge in [-0.25, -0.2) is 4.79 Å². The van der Waals surface area contributed by atoms with Crippen LogP contribution in [-0.4, -0.2) is 48.8 Å². The minimum absolute atomic E-state index is 0.0461. The standard InChI is InChI=1S/C22H23ClN6O4S2/c1-5-32-21(31)17-12(2)13(3)35-20(17)24-16(30)11-34-22-26-25-19(18-15(23)10-28(4)27-18)29(22)9-14-7-6-8-33-14/h6-8,10H,5,9,11H2,1-4H3,(H,24,30). The zero-order valence-corrected chi connectivity index (χ0v) is 21.9. The van der Waals surface area contributed by atoms with Crippen molar-refractivity contribution in [2.75, 3.05) is 17.7 Å². The quantitative estimate of drug-likeness (QED) is 0.245. The molecule has 1 amide bonds. The van der Waals surface area contributed by atoms with E-state index in [4.69, 9.17) is 20.8 Å². The maximum atomic E-state index is 12.8. The average molecular weight is 535 g/mol. The lowest BCUT2D eigenvalue weighted by Gasteiger charge is -2.09. The van der Waals surface area contributed by atoms with E-state index < -0.39 is 5.97 Å². The molecular formula is C22H23ClN6O4S2. The van der Waals surface area contributed by atoms with Gasteiger partial charge in [-0.1, -0.05) is 23.4 Å². The van der Waals surface area contributed by atoms with Gasteiger partial charge in [-0.15, -0.1) is 21.5 Å². The van der Waals surface area contributed by atoms with Crippen LogP contribution >= 0.6 is 34.7 Å². The summed E-state index contributed by atoms with van der Waals surface area (Å²) in [6.07, 6.45) is 3.26. The number of furan rings is 1. The Labute approximate surface area is 214 Å². The highest BCUT2D eigenvalue weighted by atomic mass is 35.5. The lowest BCUT2D eigenvalue weighted by atomic mass is 10.1. The summed E-state index contributed by atoms with van der Waals surface area (Å²) in [6, 6.07) is 3.63. The van der Waals surface area contributed by atoms with Gasteiger partial charge in [0.2, 0.25) is 5.91 Å². The third-order valence-corrected chi connectivity index (χ3v) is 7.42. The minimum atomic E-state index is -0.452. The number of halogens is 1. The van der Waals surface area contributed by atoms with Crippen LogP contribution in [0.3, 0.4) is 0 Å². The summed E-state index contributed by atoms with van der Waals surface area (Å²) in [6.45, 7) is 6.07. The van der Waals surface area contributed by atoms with Crippen LogP contribution in [0.1, 0.15) is 33.5 Å². The van der Waals surface area contributed by atoms with Crippen LogP contribution < -0.4 is 5.32 Å². The van der Waals surface area contributed by atoms with Crippen LogP contribution in [0.25, 0.3) is 11.5 Å². The number of rotatable bonds is 9. The second-order valence-corrected chi connectivity index (χ2v) is 10.1. The molecule has 10 nitrogen and oxygen atoms in total. The van der Waals surface area contributed by atoms with Crippen molar-refractivity contribution in [1.82, 2.24) is 24.5 Å². The van der Waals surface area contributed by atoms with Crippen LogP contribution in [0.15, 0.2) is 34.2 Å². The Kier molecular flexibility index (Phi) is 7.63. The molecule has 0 unspecified atom stereocenters. The van der Waals surface area contributed by atoms with Crippen molar-refractivity contribution in [2.45, 2.75) is 32.5 Å². The number of anilines is 1. The minimum Gasteiger partial charge on any atom is -0.467 e. The normalized spacial score (nSPS) is 11.1. The van der Waals surface area contributed by atoms with Crippen LogP contribution in [0, 0.1) is 13.8 Å². The largest absolute Gasteiger partial charge is 0.467 e. The van der Waals surface area contributed by atoms with E-state index >= 15 is 0 Å². The first kappa shape index (κ1) is 25.0. The fraction of sp³-hybridized carbons (Fsp3) is 0.318. The molecule has 0 fully saturated rings. The summed E-state index contributed by atoms with van der Waals surface area (Å²) in [5.74, 6) is 0.459. The maximum absolute atomic E-state index is 12.8. The van der Waals surface area contributed by atoms with E-state index in [0.717, 1.165) is 10.4 Å². The Morgan fingerprint density at radius 1 is 1.31 bits per heavy atom. The number of aromatic nitrogens is 5. The number of esters is 1. The SMILES string of the molecule is CCOC(=O)c1c(NC(=O)CSc2nnc(-c3nn(C)cc3Cl)n2Cc2ccco2)sc(C)c1C. The number of carbonyl (C=O) groups excluding carboxylic acids is 2. The molecule has 0 radical (unpaired) electrons. The Hall–Kier alpha value is -3.09. The van der Waals surface area contributed by atoms with Crippen LogP contribution in [-0.2, 0) is 23.1 Å². The first-order chi connectivity index (χ1) is 16.8. The highest BCUT2D eigenvalue weighted by molar-refractivity contribution is 7.99. The van der Waals surface area contributed by atoms with Gasteiger partial charge in [0, 0.05) is 18.1 Å². The molecule has 4 aromatic heterocycles. The predicted octanol–water partition coefficient (Wildman–Crippen LogP) is 4.56. The number of ether oxygens (including phenoxy) is 1. The van der Waals surface area contributed by atoms with Crippen LogP contribution in [0.2, 0.25) is 5.02 Å². The Morgan fingerprint density at radius 2 is 2.11 bits per heavy atom. The van der Waals surface area contributed by atoms with E-state index in [0.29, 0.717) is 44.6 Å². The zero-order chi connectivity index (χ0) is 25.1. The second kappa shape index (κ2) is 10.7. The number of thioether (sulfide) groups is 1. The topological polar surface area (TPSA) is 117 Å². The Morgan fingerprint density at radius 3 is 2.77 bits per heavy atom. The Bertz CT molecular complexity index is 1360. The summed E-state index contributed by atoms with van der Waals surface area (Å²) >= 11 is 8.89. The first-order valence-corrected chi connectivity index (χ1v) is 12.8. The van der Waals surface area contributed by atoms with Crippen LogP contribution in [0.5, 0.6) is 0 Å². The molecule has 184 valence electrons. The van der Waals surface area contributed by atoms with Crippen molar-refractivity contribution in [3.8, 4) is 11.5 Å². The number of carbonyl (C=O) groups is 2. The molecule has 0 saturated carbocycles. The first-order valence-electron chi connectivity index (χ1n) is 10.6. The van der Waals surface area contributed by atoms with Gasteiger partial charge in [-0.2, -0.15) is 5.10 Å². The highest BCUT2D eigenvalue weighted by Gasteiger charge is 2.24. The number of nitrogens with one attached hydrogen (secondary N) is 1. The lowest BCUT2D eigenvalue weighted by Crippen LogP contribution is -2.17. The zero-order valence-electron chi connectivity index (χ0n) is 19.5. The Balaban J connectivity index is 1.54. The van der Waals surface area contributed by atoms with Crippen molar-refractivity contribution in [2.24, 2.45) is 7.05 Å². The van der Waals surface area contributed by atoms with E-state index in [1.807, 2.05) is 19.9 Å². The molecular weight excluding hydrogens is 512 g/mol.